The van der Waals surface area contributed by atoms with Crippen LogP contribution >= 0.6 is 11.6 Å². The van der Waals surface area contributed by atoms with Crippen molar-refractivity contribution in [3.8, 4) is 0 Å². The zero-order chi connectivity index (χ0) is 15.8. The van der Waals surface area contributed by atoms with Crippen LogP contribution in [-0.2, 0) is 10.0 Å². The lowest BCUT2D eigenvalue weighted by atomic mass is 10.1. The van der Waals surface area contributed by atoms with Gasteiger partial charge in [0.15, 0.2) is 0 Å². The fourth-order valence-electron chi connectivity index (χ4n) is 2.69. The van der Waals surface area contributed by atoms with Crippen LogP contribution in [0.25, 0.3) is 0 Å². The Morgan fingerprint density at radius 1 is 1.48 bits per heavy atom. The van der Waals surface area contributed by atoms with Crippen molar-refractivity contribution in [2.24, 2.45) is 11.1 Å². The second-order valence-electron chi connectivity index (χ2n) is 5.44. The molecule has 0 aromatic heterocycles. The van der Waals surface area contributed by atoms with Gasteiger partial charge in [-0.1, -0.05) is 24.9 Å². The lowest BCUT2D eigenvalue weighted by Gasteiger charge is -2.19. The maximum absolute atomic E-state index is 12.6. The summed E-state index contributed by atoms with van der Waals surface area (Å²) in [5.41, 5.74) is 0.662. The average Bonchev–Trinajstić information content (AvgIpc) is 2.87. The predicted molar refractivity (Wildman–Crippen MR) is 81.9 cm³/mol. The lowest BCUT2D eigenvalue weighted by Crippen LogP contribution is -2.30. The molecule has 1 amide bonds. The van der Waals surface area contributed by atoms with E-state index in [4.69, 9.17) is 16.7 Å². The number of hydrogen-bond acceptors (Lipinski definition) is 3. The molecule has 1 aromatic carbocycles. The van der Waals surface area contributed by atoms with Crippen LogP contribution in [0.15, 0.2) is 17.0 Å². The number of nitrogens with two attached hydrogens (primary N) is 1. The molecule has 5 nitrogen and oxygen atoms in total. The molecular formula is C14H19ClN2O3S. The second-order valence-corrected chi connectivity index (χ2v) is 7.40. The van der Waals surface area contributed by atoms with E-state index in [0.717, 1.165) is 12.8 Å². The number of primary sulfonamides is 1. The van der Waals surface area contributed by atoms with Crippen molar-refractivity contribution in [3.05, 3.63) is 28.3 Å². The van der Waals surface area contributed by atoms with Gasteiger partial charge in [-0.15, -0.1) is 0 Å². The van der Waals surface area contributed by atoms with Crippen molar-refractivity contribution < 1.29 is 13.2 Å². The van der Waals surface area contributed by atoms with Crippen LogP contribution in [0.1, 0.15) is 35.7 Å². The van der Waals surface area contributed by atoms with Crippen LogP contribution in [0.2, 0.25) is 5.02 Å². The highest BCUT2D eigenvalue weighted by Crippen LogP contribution is 2.27. The van der Waals surface area contributed by atoms with Crippen molar-refractivity contribution >= 4 is 27.5 Å². The molecule has 1 atom stereocenters. The molecule has 116 valence electrons. The Morgan fingerprint density at radius 2 is 2.14 bits per heavy atom. The Kier molecular flexibility index (Phi) is 4.60. The summed E-state index contributed by atoms with van der Waals surface area (Å²) >= 11 is 5.94. The van der Waals surface area contributed by atoms with Crippen molar-refractivity contribution in [2.45, 2.75) is 31.6 Å². The summed E-state index contributed by atoms with van der Waals surface area (Å²) < 4.78 is 23.2. The van der Waals surface area contributed by atoms with Crippen molar-refractivity contribution in [3.63, 3.8) is 0 Å². The molecule has 1 aliphatic heterocycles. The topological polar surface area (TPSA) is 80.5 Å². The zero-order valence-electron chi connectivity index (χ0n) is 12.1. The van der Waals surface area contributed by atoms with Crippen LogP contribution in [0.5, 0.6) is 0 Å². The number of likely N-dealkylation sites (tertiary alicyclic amines) is 1. The van der Waals surface area contributed by atoms with E-state index in [-0.39, 0.29) is 15.8 Å². The van der Waals surface area contributed by atoms with Crippen LogP contribution in [0.3, 0.4) is 0 Å². The largest absolute Gasteiger partial charge is 0.338 e. The molecule has 0 spiro atoms. The van der Waals surface area contributed by atoms with Gasteiger partial charge >= 0.3 is 0 Å². The van der Waals surface area contributed by atoms with Gasteiger partial charge in [0.25, 0.3) is 5.91 Å². The third kappa shape index (κ3) is 3.39. The van der Waals surface area contributed by atoms with Crippen LogP contribution in [0, 0.1) is 12.8 Å². The van der Waals surface area contributed by atoms with Gasteiger partial charge in [-0.05, 0) is 37.0 Å². The molecule has 1 unspecified atom stereocenters. The summed E-state index contributed by atoms with van der Waals surface area (Å²) in [6.07, 6.45) is 2.00. The van der Waals surface area contributed by atoms with Gasteiger partial charge in [0.2, 0.25) is 10.0 Å². The highest BCUT2D eigenvalue weighted by molar-refractivity contribution is 7.89. The molecule has 0 aliphatic carbocycles. The molecule has 2 rings (SSSR count). The average molecular weight is 331 g/mol. The number of carbonyl (C=O) groups excluding carboxylic acids is 1. The number of sulfonamides is 1. The van der Waals surface area contributed by atoms with E-state index in [9.17, 15) is 13.2 Å². The third-order valence-corrected chi connectivity index (χ3v) is 5.27. The first-order valence-corrected chi connectivity index (χ1v) is 8.78. The van der Waals surface area contributed by atoms with Gasteiger partial charge in [0, 0.05) is 23.7 Å². The Hall–Kier alpha value is -1.11. The smallest absolute Gasteiger partial charge is 0.254 e. The fraction of sp³-hybridized carbons (Fsp3) is 0.500. The second kappa shape index (κ2) is 5.94. The Balaban J connectivity index is 2.41. The molecule has 1 aromatic rings. The minimum Gasteiger partial charge on any atom is -0.338 e. The molecule has 0 saturated carbocycles. The summed E-state index contributed by atoms with van der Waals surface area (Å²) in [5.74, 6) is 0.321. The predicted octanol–water partition coefficient (Wildman–Crippen LogP) is 2.17. The molecule has 0 radical (unpaired) electrons. The molecule has 1 saturated heterocycles. The number of rotatable bonds is 3. The van der Waals surface area contributed by atoms with E-state index in [0.29, 0.717) is 30.1 Å². The Bertz CT molecular complexity index is 673. The first kappa shape index (κ1) is 16.3. The summed E-state index contributed by atoms with van der Waals surface area (Å²) in [7, 11) is -3.91. The van der Waals surface area contributed by atoms with Crippen LogP contribution in [-0.4, -0.2) is 32.3 Å². The monoisotopic (exact) mass is 330 g/mol. The van der Waals surface area contributed by atoms with Crippen LogP contribution in [0.4, 0.5) is 0 Å². The minimum absolute atomic E-state index is 0.0930. The number of nitrogens with zero attached hydrogens (tertiary/aromatic N) is 1. The highest BCUT2D eigenvalue weighted by Gasteiger charge is 2.28. The van der Waals surface area contributed by atoms with E-state index in [1.165, 1.54) is 12.1 Å². The molecule has 2 N–H and O–H groups in total. The molecule has 1 fully saturated rings. The number of carbonyl (C=O) groups is 1. The number of benzene rings is 1. The standard InChI is InChI=1S/C14H19ClN2O3S/c1-3-10-4-5-17(8-10)14(18)12-6-11(15)7-13(9(12)2)21(16,19)20/h6-7,10H,3-5,8H2,1-2H3,(H2,16,19,20). The van der Waals surface area contributed by atoms with Gasteiger partial charge in [-0.25, -0.2) is 13.6 Å². The fourth-order valence-corrected chi connectivity index (χ4v) is 3.80. The summed E-state index contributed by atoms with van der Waals surface area (Å²) in [5, 5.41) is 5.37. The van der Waals surface area contributed by atoms with Gasteiger partial charge in [0.05, 0.1) is 4.90 Å². The quantitative estimate of drug-likeness (QED) is 0.922. The Morgan fingerprint density at radius 3 is 2.67 bits per heavy atom. The maximum Gasteiger partial charge on any atom is 0.254 e. The van der Waals surface area contributed by atoms with Gasteiger partial charge in [0.1, 0.15) is 0 Å². The van der Waals surface area contributed by atoms with E-state index in [2.05, 4.69) is 6.92 Å². The van der Waals surface area contributed by atoms with Crippen LogP contribution < -0.4 is 5.14 Å². The summed E-state index contributed by atoms with van der Waals surface area (Å²) in [6, 6.07) is 2.79. The van der Waals surface area contributed by atoms with E-state index >= 15 is 0 Å². The van der Waals surface area contributed by atoms with Gasteiger partial charge < -0.3 is 4.90 Å². The van der Waals surface area contributed by atoms with E-state index in [1.54, 1.807) is 11.8 Å². The lowest BCUT2D eigenvalue weighted by molar-refractivity contribution is 0.0786. The van der Waals surface area contributed by atoms with Gasteiger partial charge in [-0.3, -0.25) is 4.79 Å². The SMILES string of the molecule is CCC1CCN(C(=O)c2cc(Cl)cc(S(N)(=O)=O)c2C)C1. The van der Waals surface area contributed by atoms with Gasteiger partial charge in [-0.2, -0.15) is 0 Å². The molecule has 21 heavy (non-hydrogen) atoms. The molecule has 7 heteroatoms. The first-order chi connectivity index (χ1) is 9.74. The van der Waals surface area contributed by atoms with E-state index < -0.39 is 10.0 Å². The Labute approximate surface area is 130 Å². The number of halogens is 1. The number of amides is 1. The summed E-state index contributed by atoms with van der Waals surface area (Å²) in [6.45, 7) is 5.07. The molecular weight excluding hydrogens is 312 g/mol. The normalized spacial score (nSPS) is 19.0. The first-order valence-electron chi connectivity index (χ1n) is 6.86. The van der Waals surface area contributed by atoms with Crippen molar-refractivity contribution in [2.75, 3.05) is 13.1 Å². The molecule has 0 bridgehead atoms. The van der Waals surface area contributed by atoms with E-state index in [1.807, 2.05) is 0 Å². The van der Waals surface area contributed by atoms with Crippen molar-refractivity contribution in [1.82, 2.24) is 4.90 Å². The highest BCUT2D eigenvalue weighted by atomic mass is 35.5. The molecule has 1 aliphatic rings. The summed E-state index contributed by atoms with van der Waals surface area (Å²) in [4.78, 5) is 14.2. The molecule has 1 heterocycles. The third-order valence-electron chi connectivity index (χ3n) is 4.01. The zero-order valence-corrected chi connectivity index (χ0v) is 13.7. The van der Waals surface area contributed by atoms with Crippen molar-refractivity contribution in [1.29, 1.82) is 0 Å². The number of hydrogen-bond donors (Lipinski definition) is 1. The minimum atomic E-state index is -3.91. The maximum atomic E-state index is 12.6.